The third kappa shape index (κ3) is 3.83. The van der Waals surface area contributed by atoms with Crippen molar-refractivity contribution in [2.75, 3.05) is 12.9 Å². The zero-order valence-corrected chi connectivity index (χ0v) is 19.7. The standard InChI is InChI=1S/C24H28N2O2S2/c1-6-13-29-23-25-21-20(18-12-7-15(24(2,3)4)14-19(18)30-21)22(27)26(23)16-8-10-17(28-5)11-9-16/h6,8-11,15H,1,7,12-14H2,2-5H3/t15-/m0/s1. The molecule has 158 valence electrons. The molecule has 1 aromatic carbocycles. The molecule has 1 aliphatic rings. The molecule has 0 aliphatic heterocycles. The van der Waals surface area contributed by atoms with Crippen molar-refractivity contribution in [3.8, 4) is 11.4 Å². The maximum absolute atomic E-state index is 13.7. The molecule has 0 amide bonds. The van der Waals surface area contributed by atoms with Gasteiger partial charge in [-0.2, -0.15) is 0 Å². The van der Waals surface area contributed by atoms with Crippen LogP contribution in [0.5, 0.6) is 5.75 Å². The van der Waals surface area contributed by atoms with Crippen LogP contribution in [0.15, 0.2) is 46.9 Å². The van der Waals surface area contributed by atoms with Crippen LogP contribution in [0, 0.1) is 11.3 Å². The SMILES string of the molecule is C=CCSc1nc2sc3c(c2c(=O)n1-c1ccc(OC)cc1)CC[C@H](C(C)(C)C)C3. The second-order valence-electron chi connectivity index (χ2n) is 8.82. The van der Waals surface area contributed by atoms with Crippen molar-refractivity contribution in [3.63, 3.8) is 0 Å². The van der Waals surface area contributed by atoms with Gasteiger partial charge in [0, 0.05) is 10.6 Å². The summed E-state index contributed by atoms with van der Waals surface area (Å²) in [5, 5.41) is 1.52. The number of aromatic nitrogens is 2. The van der Waals surface area contributed by atoms with Gasteiger partial charge in [-0.1, -0.05) is 38.6 Å². The van der Waals surface area contributed by atoms with Crippen LogP contribution in [0.1, 0.15) is 37.6 Å². The number of fused-ring (bicyclic) bond motifs is 3. The molecule has 1 atom stereocenters. The smallest absolute Gasteiger partial charge is 0.267 e. The summed E-state index contributed by atoms with van der Waals surface area (Å²) in [6, 6.07) is 7.59. The van der Waals surface area contributed by atoms with Crippen molar-refractivity contribution in [1.82, 2.24) is 9.55 Å². The van der Waals surface area contributed by atoms with Gasteiger partial charge in [0.05, 0.1) is 18.2 Å². The van der Waals surface area contributed by atoms with E-state index >= 15 is 0 Å². The molecule has 30 heavy (non-hydrogen) atoms. The maximum atomic E-state index is 13.7. The van der Waals surface area contributed by atoms with Crippen LogP contribution in [0.2, 0.25) is 0 Å². The fourth-order valence-corrected chi connectivity index (χ4v) is 6.22. The fourth-order valence-electron chi connectivity index (χ4n) is 4.13. The Morgan fingerprint density at radius 2 is 2.07 bits per heavy atom. The van der Waals surface area contributed by atoms with Gasteiger partial charge in [-0.05, 0) is 60.4 Å². The first-order valence-corrected chi connectivity index (χ1v) is 12.1. The first-order valence-electron chi connectivity index (χ1n) is 10.3. The predicted molar refractivity (Wildman–Crippen MR) is 128 cm³/mol. The minimum atomic E-state index is 0.0310. The van der Waals surface area contributed by atoms with E-state index in [1.807, 2.05) is 30.3 Å². The molecule has 0 N–H and O–H groups in total. The lowest BCUT2D eigenvalue weighted by atomic mass is 9.72. The van der Waals surface area contributed by atoms with E-state index in [1.165, 1.54) is 10.4 Å². The quantitative estimate of drug-likeness (QED) is 0.282. The molecular formula is C24H28N2O2S2. The number of nitrogens with zero attached hydrogens (tertiary/aromatic N) is 2. The van der Waals surface area contributed by atoms with Gasteiger partial charge in [-0.3, -0.25) is 9.36 Å². The van der Waals surface area contributed by atoms with Crippen LogP contribution in [-0.4, -0.2) is 22.4 Å². The molecule has 0 saturated heterocycles. The van der Waals surface area contributed by atoms with E-state index in [9.17, 15) is 4.79 Å². The summed E-state index contributed by atoms with van der Waals surface area (Å²) >= 11 is 3.25. The highest BCUT2D eigenvalue weighted by Crippen LogP contribution is 2.42. The summed E-state index contributed by atoms with van der Waals surface area (Å²) in [4.78, 5) is 20.9. The summed E-state index contributed by atoms with van der Waals surface area (Å²) in [6.07, 6.45) is 4.96. The molecule has 0 saturated carbocycles. The van der Waals surface area contributed by atoms with Gasteiger partial charge in [0.15, 0.2) is 5.16 Å². The number of thioether (sulfide) groups is 1. The number of hydrogen-bond donors (Lipinski definition) is 0. The largest absolute Gasteiger partial charge is 0.497 e. The predicted octanol–water partition coefficient (Wildman–Crippen LogP) is 5.88. The summed E-state index contributed by atoms with van der Waals surface area (Å²) < 4.78 is 7.03. The average molecular weight is 441 g/mol. The molecule has 2 aromatic heterocycles. The Morgan fingerprint density at radius 3 is 2.70 bits per heavy atom. The zero-order valence-electron chi connectivity index (χ0n) is 18.0. The molecule has 0 radical (unpaired) electrons. The van der Waals surface area contributed by atoms with Gasteiger partial charge in [-0.25, -0.2) is 4.98 Å². The van der Waals surface area contributed by atoms with Gasteiger partial charge < -0.3 is 4.74 Å². The molecular weight excluding hydrogens is 412 g/mol. The van der Waals surface area contributed by atoms with Crippen LogP contribution in [0.4, 0.5) is 0 Å². The molecule has 6 heteroatoms. The maximum Gasteiger partial charge on any atom is 0.267 e. The topological polar surface area (TPSA) is 44.1 Å². The number of aryl methyl sites for hydroxylation is 1. The van der Waals surface area contributed by atoms with Crippen LogP contribution in [0.3, 0.4) is 0 Å². The normalized spacial score (nSPS) is 16.5. The molecule has 0 unspecified atom stereocenters. The molecule has 2 heterocycles. The molecule has 0 spiro atoms. The van der Waals surface area contributed by atoms with Gasteiger partial charge >= 0.3 is 0 Å². The Hall–Kier alpha value is -2.05. The average Bonchev–Trinajstić information content (AvgIpc) is 3.09. The van der Waals surface area contributed by atoms with Gasteiger partial charge in [0.25, 0.3) is 5.56 Å². The lowest BCUT2D eigenvalue weighted by Gasteiger charge is -2.33. The van der Waals surface area contributed by atoms with Crippen molar-refractivity contribution in [2.24, 2.45) is 11.3 Å². The highest BCUT2D eigenvalue weighted by Gasteiger charge is 2.32. The van der Waals surface area contributed by atoms with Crippen molar-refractivity contribution >= 4 is 33.3 Å². The summed E-state index contributed by atoms with van der Waals surface area (Å²) in [7, 11) is 1.64. The van der Waals surface area contributed by atoms with Gasteiger partial charge in [-0.15, -0.1) is 17.9 Å². The van der Waals surface area contributed by atoms with Crippen LogP contribution < -0.4 is 10.3 Å². The van der Waals surface area contributed by atoms with Crippen molar-refractivity contribution in [1.29, 1.82) is 0 Å². The van der Waals surface area contributed by atoms with E-state index in [-0.39, 0.29) is 11.0 Å². The van der Waals surface area contributed by atoms with Crippen molar-refractivity contribution < 1.29 is 4.74 Å². The number of rotatable bonds is 5. The molecule has 4 nitrogen and oxygen atoms in total. The van der Waals surface area contributed by atoms with E-state index < -0.39 is 0 Å². The highest BCUT2D eigenvalue weighted by molar-refractivity contribution is 7.99. The van der Waals surface area contributed by atoms with E-state index in [2.05, 4.69) is 27.4 Å². The highest BCUT2D eigenvalue weighted by atomic mass is 32.2. The molecule has 3 aromatic rings. The fraction of sp³-hybridized carbons (Fsp3) is 0.417. The van der Waals surface area contributed by atoms with Crippen LogP contribution >= 0.6 is 23.1 Å². The Kier molecular flexibility index (Phi) is 5.82. The Balaban J connectivity index is 1.89. The van der Waals surface area contributed by atoms with Crippen LogP contribution in [-0.2, 0) is 12.8 Å². The molecule has 0 bridgehead atoms. The molecule has 0 fully saturated rings. The number of methoxy groups -OCH3 is 1. The minimum Gasteiger partial charge on any atom is -0.497 e. The van der Waals surface area contributed by atoms with Gasteiger partial charge in [0.1, 0.15) is 10.6 Å². The second kappa shape index (κ2) is 8.23. The third-order valence-corrected chi connectivity index (χ3v) is 8.02. The van der Waals surface area contributed by atoms with Crippen molar-refractivity contribution in [3.05, 3.63) is 57.7 Å². The van der Waals surface area contributed by atoms with E-state index in [1.54, 1.807) is 34.8 Å². The second-order valence-corrected chi connectivity index (χ2v) is 10.9. The molecule has 4 rings (SSSR count). The van der Waals surface area contributed by atoms with E-state index in [0.717, 1.165) is 40.9 Å². The Bertz CT molecular complexity index is 1140. The first-order chi connectivity index (χ1) is 14.3. The molecule has 1 aliphatic carbocycles. The van der Waals surface area contributed by atoms with Crippen LogP contribution in [0.25, 0.3) is 15.9 Å². The Morgan fingerprint density at radius 1 is 1.33 bits per heavy atom. The van der Waals surface area contributed by atoms with Gasteiger partial charge in [0.2, 0.25) is 0 Å². The first kappa shape index (κ1) is 21.2. The Labute approximate surface area is 186 Å². The summed E-state index contributed by atoms with van der Waals surface area (Å²) in [5.41, 5.74) is 2.33. The number of ether oxygens (including phenoxy) is 1. The van der Waals surface area contributed by atoms with Crippen molar-refractivity contribution in [2.45, 2.75) is 45.2 Å². The van der Waals surface area contributed by atoms with E-state index in [0.29, 0.717) is 16.8 Å². The lowest BCUT2D eigenvalue weighted by Crippen LogP contribution is -2.27. The monoisotopic (exact) mass is 440 g/mol. The minimum absolute atomic E-state index is 0.0310. The summed E-state index contributed by atoms with van der Waals surface area (Å²) in [6.45, 7) is 10.8. The summed E-state index contributed by atoms with van der Waals surface area (Å²) in [5.74, 6) is 2.10. The zero-order chi connectivity index (χ0) is 21.5. The third-order valence-electron chi connectivity index (χ3n) is 5.94. The number of hydrogen-bond acceptors (Lipinski definition) is 5. The number of benzene rings is 1. The van der Waals surface area contributed by atoms with E-state index in [4.69, 9.17) is 9.72 Å². The lowest BCUT2D eigenvalue weighted by molar-refractivity contribution is 0.218. The number of thiophene rings is 1.